The van der Waals surface area contributed by atoms with E-state index in [1.807, 2.05) is 0 Å². The highest BCUT2D eigenvalue weighted by molar-refractivity contribution is 6.31. The van der Waals surface area contributed by atoms with E-state index < -0.39 is 17.3 Å². The highest BCUT2D eigenvalue weighted by Crippen LogP contribution is 2.28. The maximum absolute atomic E-state index is 12.6. The van der Waals surface area contributed by atoms with E-state index in [1.54, 1.807) is 16.7 Å². The Morgan fingerprint density at radius 1 is 1.21 bits per heavy atom. The van der Waals surface area contributed by atoms with Crippen LogP contribution in [0.15, 0.2) is 23.4 Å². The average molecular weight is 491 g/mol. The number of halogens is 4. The molecule has 1 unspecified atom stereocenters. The van der Waals surface area contributed by atoms with E-state index in [2.05, 4.69) is 20.2 Å². The van der Waals surface area contributed by atoms with E-state index in [1.165, 1.54) is 6.20 Å². The fourth-order valence-corrected chi connectivity index (χ4v) is 3.16. The topological polar surface area (TPSA) is 114 Å². The molecular weight excluding hydrogens is 469 g/mol. The zero-order valence-corrected chi connectivity index (χ0v) is 18.4. The van der Waals surface area contributed by atoms with Gasteiger partial charge in [-0.15, -0.1) is 0 Å². The van der Waals surface area contributed by atoms with Crippen molar-refractivity contribution >= 4 is 23.5 Å². The molecule has 2 aromatic heterocycles. The number of piperazine rings is 1. The van der Waals surface area contributed by atoms with Crippen LogP contribution in [-0.4, -0.2) is 76.5 Å². The smallest absolute Gasteiger partial charge is 0.419 e. The number of hydrogen-bond acceptors (Lipinski definition) is 8. The molecule has 10 nitrogen and oxygen atoms in total. The Labute approximate surface area is 191 Å². The number of amides is 1. The van der Waals surface area contributed by atoms with Crippen molar-refractivity contribution in [3.63, 3.8) is 0 Å². The van der Waals surface area contributed by atoms with Crippen LogP contribution < -0.4 is 15.2 Å². The minimum absolute atomic E-state index is 0.0991. The van der Waals surface area contributed by atoms with Crippen molar-refractivity contribution in [1.82, 2.24) is 25.1 Å². The van der Waals surface area contributed by atoms with Crippen molar-refractivity contribution < 1.29 is 27.4 Å². The van der Waals surface area contributed by atoms with Gasteiger partial charge in [-0.3, -0.25) is 9.59 Å². The maximum atomic E-state index is 12.6. The Bertz CT molecular complexity index is 996. The lowest BCUT2D eigenvalue weighted by molar-refractivity contribution is -0.138. The highest BCUT2D eigenvalue weighted by Gasteiger charge is 2.32. The van der Waals surface area contributed by atoms with Gasteiger partial charge in [-0.25, -0.2) is 15.1 Å². The van der Waals surface area contributed by atoms with Gasteiger partial charge in [0.25, 0.3) is 5.56 Å². The van der Waals surface area contributed by atoms with E-state index >= 15 is 0 Å². The average Bonchev–Trinajstić information content (AvgIpc) is 2.79. The molecule has 14 heteroatoms. The van der Waals surface area contributed by atoms with Crippen LogP contribution in [0.4, 0.5) is 19.1 Å². The quantitative estimate of drug-likeness (QED) is 0.595. The third-order valence-electron chi connectivity index (χ3n) is 4.84. The normalized spacial score (nSPS) is 15.4. The number of rotatable bonds is 8. The van der Waals surface area contributed by atoms with E-state index in [0.29, 0.717) is 26.2 Å². The Morgan fingerprint density at radius 3 is 2.52 bits per heavy atom. The summed E-state index contributed by atoms with van der Waals surface area (Å²) in [6.07, 6.45) is -1.89. The van der Waals surface area contributed by atoms with Crippen molar-refractivity contribution in [3.8, 4) is 5.75 Å². The lowest BCUT2D eigenvalue weighted by Gasteiger charge is -2.34. The molecule has 0 aromatic carbocycles. The van der Waals surface area contributed by atoms with Crippen LogP contribution in [0.1, 0.15) is 18.9 Å². The van der Waals surface area contributed by atoms with Crippen molar-refractivity contribution in [2.24, 2.45) is 0 Å². The maximum Gasteiger partial charge on any atom is 0.419 e. The third-order valence-corrected chi connectivity index (χ3v) is 5.19. The molecule has 180 valence electrons. The van der Waals surface area contributed by atoms with Crippen LogP contribution in [-0.2, 0) is 15.7 Å². The Balaban J connectivity index is 1.37. The summed E-state index contributed by atoms with van der Waals surface area (Å²) in [5.74, 6) is 0.239. The second-order valence-electron chi connectivity index (χ2n) is 7.26. The molecule has 0 bridgehead atoms. The first-order valence-corrected chi connectivity index (χ1v) is 10.4. The van der Waals surface area contributed by atoms with Gasteiger partial charge in [0, 0.05) is 38.6 Å². The second kappa shape index (κ2) is 10.8. The first-order chi connectivity index (χ1) is 15.6. The summed E-state index contributed by atoms with van der Waals surface area (Å²) >= 11 is 5.83. The summed E-state index contributed by atoms with van der Waals surface area (Å²) in [6.45, 7) is 3.66. The molecule has 1 aliphatic rings. The SMILES string of the molecule is CC(COc1cn[nH]c(=O)c1Cl)OCCC(=O)N1CCN(c2ncc(C(F)(F)F)cn2)CC1. The van der Waals surface area contributed by atoms with Crippen molar-refractivity contribution in [1.29, 1.82) is 0 Å². The number of carbonyl (C=O) groups excluding carboxylic acids is 1. The number of anilines is 1. The Hall–Kier alpha value is -2.93. The molecule has 2 aromatic rings. The predicted octanol–water partition coefficient (Wildman–Crippen LogP) is 1.75. The first-order valence-electron chi connectivity index (χ1n) is 10.0. The van der Waals surface area contributed by atoms with Crippen LogP contribution in [0.5, 0.6) is 5.75 Å². The van der Waals surface area contributed by atoms with Crippen molar-refractivity contribution in [3.05, 3.63) is 39.5 Å². The molecule has 1 N–H and O–H groups in total. The van der Waals surface area contributed by atoms with Crippen LogP contribution in [0.25, 0.3) is 0 Å². The number of hydrogen-bond donors (Lipinski definition) is 1. The van der Waals surface area contributed by atoms with Gasteiger partial charge in [0.1, 0.15) is 6.61 Å². The van der Waals surface area contributed by atoms with Crippen LogP contribution >= 0.6 is 11.6 Å². The fourth-order valence-electron chi connectivity index (χ4n) is 3.02. The summed E-state index contributed by atoms with van der Waals surface area (Å²) in [4.78, 5) is 34.8. The number of carbonyl (C=O) groups is 1. The molecule has 3 rings (SSSR count). The van der Waals surface area contributed by atoms with Crippen LogP contribution in [0.3, 0.4) is 0 Å². The molecule has 1 aliphatic heterocycles. The number of nitrogens with one attached hydrogen (secondary N) is 1. The number of aromatic nitrogens is 4. The van der Waals surface area contributed by atoms with Gasteiger partial charge in [-0.2, -0.15) is 18.3 Å². The minimum atomic E-state index is -4.49. The highest BCUT2D eigenvalue weighted by atomic mass is 35.5. The van der Waals surface area contributed by atoms with Gasteiger partial charge in [0.05, 0.1) is 30.9 Å². The van der Waals surface area contributed by atoms with E-state index in [4.69, 9.17) is 21.1 Å². The first kappa shape index (κ1) is 24.7. The zero-order valence-electron chi connectivity index (χ0n) is 17.6. The van der Waals surface area contributed by atoms with Crippen LogP contribution in [0, 0.1) is 0 Å². The van der Waals surface area contributed by atoms with Gasteiger partial charge in [0.2, 0.25) is 11.9 Å². The monoisotopic (exact) mass is 490 g/mol. The van der Waals surface area contributed by atoms with E-state index in [0.717, 1.165) is 12.4 Å². The lowest BCUT2D eigenvalue weighted by atomic mass is 10.3. The molecule has 0 saturated carbocycles. The molecule has 0 aliphatic carbocycles. The molecule has 3 heterocycles. The fraction of sp³-hybridized carbons (Fsp3) is 0.526. The van der Waals surface area contributed by atoms with Gasteiger partial charge in [0.15, 0.2) is 10.8 Å². The number of ether oxygens (including phenoxy) is 2. The largest absolute Gasteiger partial charge is 0.487 e. The molecule has 1 amide bonds. The summed E-state index contributed by atoms with van der Waals surface area (Å²) < 4.78 is 48.9. The number of aromatic amines is 1. The summed E-state index contributed by atoms with van der Waals surface area (Å²) in [5.41, 5.74) is -1.46. The van der Waals surface area contributed by atoms with E-state index in [9.17, 15) is 22.8 Å². The van der Waals surface area contributed by atoms with Gasteiger partial charge >= 0.3 is 6.18 Å². The summed E-state index contributed by atoms with van der Waals surface area (Å²) in [7, 11) is 0. The standard InChI is InChI=1S/C19H22ClF3N6O4/c1-12(11-33-14-10-26-27-17(31)16(14)20)32-7-2-15(30)28-3-5-29(6-4-28)18-24-8-13(9-25-18)19(21,22)23/h8-10,12H,2-7,11H2,1H3,(H,27,31). The second-order valence-corrected chi connectivity index (χ2v) is 7.64. The number of nitrogens with zero attached hydrogens (tertiary/aromatic N) is 5. The molecular formula is C19H22ClF3N6O4. The lowest BCUT2D eigenvalue weighted by Crippen LogP contribution is -2.49. The molecule has 0 spiro atoms. The van der Waals surface area contributed by atoms with E-state index in [-0.39, 0.29) is 48.4 Å². The van der Waals surface area contributed by atoms with Gasteiger partial charge in [-0.05, 0) is 6.92 Å². The van der Waals surface area contributed by atoms with Gasteiger partial charge < -0.3 is 19.3 Å². The van der Waals surface area contributed by atoms with Crippen molar-refractivity contribution in [2.75, 3.05) is 44.3 Å². The number of H-pyrrole nitrogens is 1. The zero-order chi connectivity index (χ0) is 24.0. The predicted molar refractivity (Wildman–Crippen MR) is 111 cm³/mol. The molecule has 1 fully saturated rings. The minimum Gasteiger partial charge on any atom is -0.487 e. The molecule has 1 saturated heterocycles. The van der Waals surface area contributed by atoms with Gasteiger partial charge in [-0.1, -0.05) is 11.6 Å². The van der Waals surface area contributed by atoms with Crippen LogP contribution in [0.2, 0.25) is 5.02 Å². The molecule has 0 radical (unpaired) electrons. The third kappa shape index (κ3) is 6.78. The molecule has 1 atom stereocenters. The Morgan fingerprint density at radius 2 is 1.88 bits per heavy atom. The molecule has 33 heavy (non-hydrogen) atoms. The summed E-state index contributed by atoms with van der Waals surface area (Å²) in [6, 6.07) is 0. The summed E-state index contributed by atoms with van der Waals surface area (Å²) in [5, 5.41) is 5.68. The number of alkyl halides is 3. The van der Waals surface area contributed by atoms with Crippen molar-refractivity contribution in [2.45, 2.75) is 25.6 Å². The Kier molecular flexibility index (Phi) is 8.08.